The minimum atomic E-state index is -0.317. The van der Waals surface area contributed by atoms with E-state index in [1.165, 1.54) is 24.2 Å². The van der Waals surface area contributed by atoms with E-state index in [0.29, 0.717) is 12.3 Å². The number of esters is 1. The molecule has 1 saturated carbocycles. The van der Waals surface area contributed by atoms with Gasteiger partial charge in [0.05, 0.1) is 6.61 Å². The van der Waals surface area contributed by atoms with Crippen LogP contribution in [0.1, 0.15) is 43.6 Å². The van der Waals surface area contributed by atoms with E-state index in [-0.39, 0.29) is 5.97 Å². The van der Waals surface area contributed by atoms with Gasteiger partial charge in [-0.2, -0.15) is 0 Å². The third-order valence-electron chi connectivity index (χ3n) is 2.92. The molecule has 0 N–H and O–H groups in total. The minimum absolute atomic E-state index is 0.317. The topological polar surface area (TPSA) is 42.4 Å². The van der Waals surface area contributed by atoms with E-state index in [1.54, 1.807) is 5.38 Å². The van der Waals surface area contributed by atoms with Crippen LogP contribution in [-0.2, 0) is 4.74 Å². The van der Waals surface area contributed by atoms with Gasteiger partial charge < -0.3 is 9.64 Å². The van der Waals surface area contributed by atoms with Crippen molar-refractivity contribution in [2.24, 2.45) is 5.92 Å². The number of rotatable bonds is 7. The molecule has 0 radical (unpaired) electrons. The van der Waals surface area contributed by atoms with Crippen molar-refractivity contribution >= 4 is 22.4 Å². The number of anilines is 1. The summed E-state index contributed by atoms with van der Waals surface area (Å²) in [7, 11) is 0. The van der Waals surface area contributed by atoms with Gasteiger partial charge in [0.15, 0.2) is 10.8 Å². The molecule has 0 aromatic carbocycles. The molecule has 0 unspecified atom stereocenters. The molecule has 0 bridgehead atoms. The lowest BCUT2D eigenvalue weighted by Crippen LogP contribution is -2.26. The molecule has 1 aromatic heterocycles. The smallest absolute Gasteiger partial charge is 0.357 e. The molecule has 4 nitrogen and oxygen atoms in total. The van der Waals surface area contributed by atoms with Crippen molar-refractivity contribution in [2.75, 3.05) is 24.6 Å². The first-order valence-electron chi connectivity index (χ1n) is 6.62. The van der Waals surface area contributed by atoms with Crippen molar-refractivity contribution in [1.82, 2.24) is 4.98 Å². The van der Waals surface area contributed by atoms with Crippen LogP contribution in [0.2, 0.25) is 0 Å². The predicted molar refractivity (Wildman–Crippen MR) is 73.3 cm³/mol. The van der Waals surface area contributed by atoms with Crippen molar-refractivity contribution in [3.05, 3.63) is 11.1 Å². The molecule has 1 heterocycles. The second kappa shape index (κ2) is 6.18. The fraction of sp³-hybridized carbons (Fsp3) is 0.692. The molecule has 0 atom stereocenters. The van der Waals surface area contributed by atoms with Crippen LogP contribution in [-0.4, -0.2) is 30.6 Å². The molecule has 0 spiro atoms. The number of carbonyl (C=O) groups is 1. The number of ether oxygens (including phenoxy) is 1. The first kappa shape index (κ1) is 13.3. The monoisotopic (exact) mass is 268 g/mol. The zero-order valence-electron chi connectivity index (χ0n) is 11.0. The molecular formula is C13H20N2O2S. The minimum Gasteiger partial charge on any atom is -0.461 e. The summed E-state index contributed by atoms with van der Waals surface area (Å²) in [4.78, 5) is 18.3. The quantitative estimate of drug-likeness (QED) is 0.713. The number of nitrogens with zero attached hydrogens (tertiary/aromatic N) is 2. The number of aromatic nitrogens is 1. The summed E-state index contributed by atoms with van der Waals surface area (Å²) >= 11 is 1.54. The van der Waals surface area contributed by atoms with Gasteiger partial charge in [-0.1, -0.05) is 6.92 Å². The van der Waals surface area contributed by atoms with Crippen LogP contribution >= 0.6 is 11.3 Å². The highest BCUT2D eigenvalue weighted by Gasteiger charge is 2.25. The van der Waals surface area contributed by atoms with Gasteiger partial charge in [-0.15, -0.1) is 11.3 Å². The second-order valence-corrected chi connectivity index (χ2v) is 5.46. The van der Waals surface area contributed by atoms with E-state index in [9.17, 15) is 4.79 Å². The van der Waals surface area contributed by atoms with Gasteiger partial charge in [0, 0.05) is 18.5 Å². The molecule has 5 heteroatoms. The van der Waals surface area contributed by atoms with Gasteiger partial charge in [0.1, 0.15) is 0 Å². The Hall–Kier alpha value is -1.10. The summed E-state index contributed by atoms with van der Waals surface area (Å²) in [5, 5.41) is 2.75. The first-order chi connectivity index (χ1) is 8.74. The standard InChI is InChI=1S/C13H20N2O2S/c1-3-7-15(8-10-5-6-10)13-14-11(9-18-13)12(16)17-4-2/h9-10H,3-8H2,1-2H3. The number of thiazole rings is 1. The van der Waals surface area contributed by atoms with Crippen LogP contribution in [0.4, 0.5) is 5.13 Å². The van der Waals surface area contributed by atoms with Crippen LogP contribution in [0.25, 0.3) is 0 Å². The zero-order valence-corrected chi connectivity index (χ0v) is 11.8. The molecule has 0 saturated heterocycles. The van der Waals surface area contributed by atoms with Gasteiger partial charge in [0.2, 0.25) is 0 Å². The SMILES string of the molecule is CCCN(CC1CC1)c1nc(C(=O)OCC)cs1. The first-order valence-corrected chi connectivity index (χ1v) is 7.50. The molecule has 0 amide bonds. The Bertz CT molecular complexity index is 401. The number of carbonyl (C=O) groups excluding carboxylic acids is 1. The Balaban J connectivity index is 2.02. The Morgan fingerprint density at radius 2 is 2.33 bits per heavy atom. The van der Waals surface area contributed by atoms with E-state index in [2.05, 4.69) is 16.8 Å². The van der Waals surface area contributed by atoms with Gasteiger partial charge in [0.25, 0.3) is 0 Å². The fourth-order valence-corrected chi connectivity index (χ4v) is 2.69. The highest BCUT2D eigenvalue weighted by atomic mass is 32.1. The van der Waals surface area contributed by atoms with E-state index < -0.39 is 0 Å². The second-order valence-electron chi connectivity index (χ2n) is 4.63. The lowest BCUT2D eigenvalue weighted by atomic mass is 10.3. The van der Waals surface area contributed by atoms with Crippen molar-refractivity contribution in [3.8, 4) is 0 Å². The van der Waals surface area contributed by atoms with Crippen molar-refractivity contribution in [2.45, 2.75) is 33.1 Å². The van der Waals surface area contributed by atoms with Gasteiger partial charge >= 0.3 is 5.97 Å². The van der Waals surface area contributed by atoms with E-state index >= 15 is 0 Å². The van der Waals surface area contributed by atoms with Crippen LogP contribution in [0.15, 0.2) is 5.38 Å². The number of hydrogen-bond acceptors (Lipinski definition) is 5. The average molecular weight is 268 g/mol. The summed E-state index contributed by atoms with van der Waals surface area (Å²) in [6, 6.07) is 0. The average Bonchev–Trinajstić information content (AvgIpc) is 3.03. The Morgan fingerprint density at radius 3 is 2.94 bits per heavy atom. The Morgan fingerprint density at radius 1 is 1.56 bits per heavy atom. The Labute approximate surface area is 112 Å². The normalized spacial score (nSPS) is 14.6. The number of hydrogen-bond donors (Lipinski definition) is 0. The van der Waals surface area contributed by atoms with Crippen LogP contribution in [0, 0.1) is 5.92 Å². The maximum atomic E-state index is 11.6. The summed E-state index contributed by atoms with van der Waals surface area (Å²) < 4.78 is 4.96. The Kier molecular flexibility index (Phi) is 4.58. The molecule has 1 aromatic rings. The highest BCUT2D eigenvalue weighted by Crippen LogP contribution is 2.32. The van der Waals surface area contributed by atoms with Crippen LogP contribution < -0.4 is 4.90 Å². The lowest BCUT2D eigenvalue weighted by Gasteiger charge is -2.20. The maximum absolute atomic E-state index is 11.6. The summed E-state index contributed by atoms with van der Waals surface area (Å²) in [6.07, 6.45) is 3.76. The van der Waals surface area contributed by atoms with Gasteiger partial charge in [-0.05, 0) is 32.1 Å². The molecular weight excluding hydrogens is 248 g/mol. The van der Waals surface area contributed by atoms with E-state index in [4.69, 9.17) is 4.74 Å². The third kappa shape index (κ3) is 3.45. The highest BCUT2D eigenvalue weighted by molar-refractivity contribution is 7.13. The third-order valence-corrected chi connectivity index (χ3v) is 3.82. The molecule has 2 rings (SSSR count). The largest absolute Gasteiger partial charge is 0.461 e. The van der Waals surface area contributed by atoms with Crippen molar-refractivity contribution in [1.29, 1.82) is 0 Å². The zero-order chi connectivity index (χ0) is 13.0. The summed E-state index contributed by atoms with van der Waals surface area (Å²) in [6.45, 7) is 6.45. The van der Waals surface area contributed by atoms with Gasteiger partial charge in [-0.3, -0.25) is 0 Å². The van der Waals surface area contributed by atoms with Crippen LogP contribution in [0.3, 0.4) is 0 Å². The predicted octanol–water partition coefficient (Wildman–Crippen LogP) is 2.95. The summed E-state index contributed by atoms with van der Waals surface area (Å²) in [5.41, 5.74) is 0.439. The molecule has 1 fully saturated rings. The molecule has 18 heavy (non-hydrogen) atoms. The summed E-state index contributed by atoms with van der Waals surface area (Å²) in [5.74, 6) is 0.509. The van der Waals surface area contributed by atoms with Crippen molar-refractivity contribution in [3.63, 3.8) is 0 Å². The van der Waals surface area contributed by atoms with Crippen LogP contribution in [0.5, 0.6) is 0 Å². The van der Waals surface area contributed by atoms with E-state index in [0.717, 1.165) is 30.6 Å². The molecule has 0 aliphatic heterocycles. The maximum Gasteiger partial charge on any atom is 0.357 e. The molecule has 100 valence electrons. The van der Waals surface area contributed by atoms with E-state index in [1.807, 2.05) is 6.92 Å². The molecule has 1 aliphatic carbocycles. The van der Waals surface area contributed by atoms with Crippen molar-refractivity contribution < 1.29 is 9.53 Å². The lowest BCUT2D eigenvalue weighted by molar-refractivity contribution is 0.0520. The molecule has 1 aliphatic rings. The fourth-order valence-electron chi connectivity index (χ4n) is 1.86. The van der Waals surface area contributed by atoms with Gasteiger partial charge in [-0.25, -0.2) is 9.78 Å².